The number of aliphatic imine (C=N–C) groups is 1. The Morgan fingerprint density at radius 2 is 2.23 bits per heavy atom. The minimum absolute atomic E-state index is 0. The lowest BCUT2D eigenvalue weighted by Crippen LogP contribution is -2.39. The van der Waals surface area contributed by atoms with Gasteiger partial charge in [0.15, 0.2) is 11.7 Å². The van der Waals surface area contributed by atoms with E-state index in [4.69, 9.17) is 4.52 Å². The van der Waals surface area contributed by atoms with Gasteiger partial charge in [0, 0.05) is 18.7 Å². The average molecular weight is 420 g/mol. The van der Waals surface area contributed by atoms with Gasteiger partial charge in [-0.25, -0.2) is 4.99 Å². The molecule has 0 spiro atoms. The minimum Gasteiger partial charge on any atom is -0.359 e. The smallest absolute Gasteiger partial charge is 0.191 e. The van der Waals surface area contributed by atoms with Crippen LogP contribution in [-0.4, -0.2) is 23.7 Å². The van der Waals surface area contributed by atoms with Gasteiger partial charge in [-0.3, -0.25) is 0 Å². The molecule has 1 saturated carbocycles. The molecule has 0 radical (unpaired) electrons. The lowest BCUT2D eigenvalue weighted by atomic mass is 10.1. The Bertz CT molecular complexity index is 472. The van der Waals surface area contributed by atoms with Crippen molar-refractivity contribution in [3.05, 3.63) is 17.5 Å². The van der Waals surface area contributed by atoms with Gasteiger partial charge in [0.05, 0.1) is 5.69 Å². The van der Waals surface area contributed by atoms with Crippen molar-refractivity contribution >= 4 is 29.9 Å². The molecular weight excluding hydrogens is 391 g/mol. The summed E-state index contributed by atoms with van der Waals surface area (Å²) in [5.41, 5.74) is 0.989. The molecule has 0 saturated heterocycles. The fraction of sp³-hybridized carbons (Fsp3) is 0.750. The molecule has 1 heterocycles. The maximum atomic E-state index is 5.32. The van der Waals surface area contributed by atoms with Crippen molar-refractivity contribution in [2.75, 3.05) is 6.54 Å². The lowest BCUT2D eigenvalue weighted by Gasteiger charge is -2.10. The van der Waals surface area contributed by atoms with Crippen LogP contribution < -0.4 is 10.6 Å². The summed E-state index contributed by atoms with van der Waals surface area (Å²) in [5, 5.41) is 10.9. The number of nitrogens with zero attached hydrogens (tertiary/aromatic N) is 2. The quantitative estimate of drug-likeness (QED) is 0.402. The van der Waals surface area contributed by atoms with E-state index in [1.165, 1.54) is 19.3 Å². The van der Waals surface area contributed by atoms with E-state index in [9.17, 15) is 0 Å². The van der Waals surface area contributed by atoms with Gasteiger partial charge in [0.1, 0.15) is 6.54 Å². The molecule has 0 bridgehead atoms. The van der Waals surface area contributed by atoms with Gasteiger partial charge < -0.3 is 15.2 Å². The Hall–Kier alpha value is -0.790. The largest absolute Gasteiger partial charge is 0.359 e. The maximum absolute atomic E-state index is 5.32. The van der Waals surface area contributed by atoms with Crippen molar-refractivity contribution < 1.29 is 4.52 Å². The van der Waals surface area contributed by atoms with Crippen LogP contribution in [-0.2, 0) is 6.54 Å². The summed E-state index contributed by atoms with van der Waals surface area (Å²) in [7, 11) is 0. The maximum Gasteiger partial charge on any atom is 0.191 e. The van der Waals surface area contributed by atoms with E-state index in [-0.39, 0.29) is 24.0 Å². The molecule has 1 fully saturated rings. The number of guanidine groups is 1. The van der Waals surface area contributed by atoms with Crippen LogP contribution in [0.2, 0.25) is 0 Å². The number of hydrogen-bond donors (Lipinski definition) is 2. The van der Waals surface area contributed by atoms with E-state index in [0.717, 1.165) is 29.9 Å². The highest BCUT2D eigenvalue weighted by Gasteiger charge is 2.36. The standard InChI is InChI=1S/C16H28N4O.HI/c1-5-7-12-8-15(12)19-16(17-6-2)18-10-13-9-14(11(3)4)20-21-13;/h9,11-12,15H,5-8,10H2,1-4H3,(H2,17,18,19);1H. The Morgan fingerprint density at radius 1 is 1.45 bits per heavy atom. The van der Waals surface area contributed by atoms with Crippen LogP contribution in [0.1, 0.15) is 64.3 Å². The van der Waals surface area contributed by atoms with E-state index < -0.39 is 0 Å². The van der Waals surface area contributed by atoms with Crippen LogP contribution in [0.5, 0.6) is 0 Å². The van der Waals surface area contributed by atoms with Gasteiger partial charge in [-0.15, -0.1) is 24.0 Å². The number of halogens is 1. The first kappa shape index (κ1) is 19.3. The van der Waals surface area contributed by atoms with Crippen molar-refractivity contribution in [1.29, 1.82) is 0 Å². The van der Waals surface area contributed by atoms with Gasteiger partial charge in [-0.2, -0.15) is 0 Å². The van der Waals surface area contributed by atoms with Gasteiger partial charge in [0.25, 0.3) is 0 Å². The van der Waals surface area contributed by atoms with E-state index >= 15 is 0 Å². The third-order valence-electron chi connectivity index (χ3n) is 3.81. The molecule has 1 aliphatic rings. The van der Waals surface area contributed by atoms with Crippen LogP contribution in [0.25, 0.3) is 0 Å². The molecule has 5 nitrogen and oxygen atoms in total. The van der Waals surface area contributed by atoms with Crippen molar-refractivity contribution in [2.45, 2.75) is 65.5 Å². The van der Waals surface area contributed by atoms with Gasteiger partial charge in [-0.1, -0.05) is 32.3 Å². The second-order valence-corrected chi connectivity index (χ2v) is 6.10. The minimum atomic E-state index is 0. The van der Waals surface area contributed by atoms with Crippen LogP contribution in [0, 0.1) is 5.92 Å². The molecule has 1 aliphatic carbocycles. The zero-order valence-corrected chi connectivity index (χ0v) is 16.4. The summed E-state index contributed by atoms with van der Waals surface area (Å²) >= 11 is 0. The molecule has 0 amide bonds. The van der Waals surface area contributed by atoms with Crippen molar-refractivity contribution in [2.24, 2.45) is 10.9 Å². The van der Waals surface area contributed by atoms with Crippen LogP contribution >= 0.6 is 24.0 Å². The number of rotatable bonds is 7. The normalized spacial score (nSPS) is 20.7. The number of nitrogens with one attached hydrogen (secondary N) is 2. The van der Waals surface area contributed by atoms with Crippen LogP contribution in [0.4, 0.5) is 0 Å². The predicted octanol–water partition coefficient (Wildman–Crippen LogP) is 3.66. The summed E-state index contributed by atoms with van der Waals surface area (Å²) in [6, 6.07) is 2.58. The zero-order valence-electron chi connectivity index (χ0n) is 14.1. The third kappa shape index (κ3) is 5.78. The van der Waals surface area contributed by atoms with Crippen LogP contribution in [0.3, 0.4) is 0 Å². The Morgan fingerprint density at radius 3 is 2.82 bits per heavy atom. The second kappa shape index (κ2) is 9.37. The molecule has 2 unspecified atom stereocenters. The van der Waals surface area contributed by atoms with Gasteiger partial charge >= 0.3 is 0 Å². The molecule has 2 atom stereocenters. The number of hydrogen-bond acceptors (Lipinski definition) is 3. The summed E-state index contributed by atoms with van der Waals surface area (Å²) < 4.78 is 5.32. The molecule has 1 aromatic heterocycles. The van der Waals surface area contributed by atoms with E-state index in [0.29, 0.717) is 18.5 Å². The van der Waals surface area contributed by atoms with E-state index in [2.05, 4.69) is 48.5 Å². The Balaban J connectivity index is 0.00000242. The number of aromatic nitrogens is 1. The fourth-order valence-electron chi connectivity index (χ4n) is 2.44. The molecule has 2 N–H and O–H groups in total. The SMILES string of the molecule is CCCC1CC1NC(=NCc1cc(C(C)C)no1)NCC.I. The molecule has 126 valence electrons. The summed E-state index contributed by atoms with van der Waals surface area (Å²) in [6.45, 7) is 9.93. The summed E-state index contributed by atoms with van der Waals surface area (Å²) in [6.07, 6.45) is 3.82. The van der Waals surface area contributed by atoms with Crippen molar-refractivity contribution in [3.8, 4) is 0 Å². The van der Waals surface area contributed by atoms with Gasteiger partial charge in [-0.05, 0) is 31.6 Å². The first-order chi connectivity index (χ1) is 10.1. The predicted molar refractivity (Wildman–Crippen MR) is 101 cm³/mol. The fourth-order valence-corrected chi connectivity index (χ4v) is 2.44. The summed E-state index contributed by atoms with van der Waals surface area (Å²) in [5.74, 6) is 2.90. The van der Waals surface area contributed by atoms with Crippen LogP contribution in [0.15, 0.2) is 15.6 Å². The highest BCUT2D eigenvalue weighted by molar-refractivity contribution is 14.0. The van der Waals surface area contributed by atoms with Crippen molar-refractivity contribution in [3.63, 3.8) is 0 Å². The Kier molecular flexibility index (Phi) is 8.20. The third-order valence-corrected chi connectivity index (χ3v) is 3.81. The summed E-state index contributed by atoms with van der Waals surface area (Å²) in [4.78, 5) is 4.59. The molecule has 0 aromatic carbocycles. The van der Waals surface area contributed by atoms with Gasteiger partial charge in [0.2, 0.25) is 0 Å². The lowest BCUT2D eigenvalue weighted by molar-refractivity contribution is 0.376. The van der Waals surface area contributed by atoms with E-state index in [1.54, 1.807) is 0 Å². The zero-order chi connectivity index (χ0) is 15.2. The highest BCUT2D eigenvalue weighted by atomic mass is 127. The van der Waals surface area contributed by atoms with E-state index in [1.807, 2.05) is 6.07 Å². The molecule has 22 heavy (non-hydrogen) atoms. The first-order valence-electron chi connectivity index (χ1n) is 8.14. The highest BCUT2D eigenvalue weighted by Crippen LogP contribution is 2.34. The molecule has 1 aromatic rings. The molecule has 2 rings (SSSR count). The average Bonchev–Trinajstić information content (AvgIpc) is 3.00. The van der Waals surface area contributed by atoms with Crippen molar-refractivity contribution in [1.82, 2.24) is 15.8 Å². The Labute approximate surface area is 150 Å². The molecular formula is C16H29IN4O. The molecule has 0 aliphatic heterocycles. The monoisotopic (exact) mass is 420 g/mol. The second-order valence-electron chi connectivity index (χ2n) is 6.10. The first-order valence-corrected chi connectivity index (χ1v) is 8.14. The topological polar surface area (TPSA) is 62.5 Å². The molecule has 6 heteroatoms.